The largest absolute Gasteiger partial charge is 0.461 e. The Kier molecular flexibility index (Phi) is 7.59. The molecule has 32 heavy (non-hydrogen) atoms. The second-order valence-corrected chi connectivity index (χ2v) is 8.68. The average Bonchev–Trinajstić information content (AvgIpc) is 3.24. The number of benzene rings is 3. The predicted octanol–water partition coefficient (Wildman–Crippen LogP) is 4.77. The van der Waals surface area contributed by atoms with Gasteiger partial charge in [-0.15, -0.1) is 11.8 Å². The lowest BCUT2D eigenvalue weighted by Crippen LogP contribution is -2.38. The third-order valence-electron chi connectivity index (χ3n) is 5.16. The fourth-order valence-corrected chi connectivity index (χ4v) is 4.75. The fraction of sp³-hybridized carbons (Fsp3) is 0.231. The normalized spacial score (nSPS) is 19.9. The maximum Gasteiger partial charge on any atom is 0.338 e. The summed E-state index contributed by atoms with van der Waals surface area (Å²) in [6.45, 7) is 0.554. The summed E-state index contributed by atoms with van der Waals surface area (Å²) in [5.74, 6) is -0.161. The van der Waals surface area contributed by atoms with Crippen molar-refractivity contribution in [1.29, 1.82) is 0 Å². The summed E-state index contributed by atoms with van der Waals surface area (Å²) < 4.78 is 17.5. The van der Waals surface area contributed by atoms with E-state index in [-0.39, 0.29) is 18.0 Å². The van der Waals surface area contributed by atoms with Crippen LogP contribution in [0.15, 0.2) is 91.0 Å². The molecule has 1 aliphatic heterocycles. The number of carbonyl (C=O) groups is 2. The molecule has 164 valence electrons. The van der Waals surface area contributed by atoms with Crippen LogP contribution in [0.1, 0.15) is 26.3 Å². The Morgan fingerprint density at radius 2 is 1.34 bits per heavy atom. The van der Waals surface area contributed by atoms with Crippen molar-refractivity contribution in [2.75, 3.05) is 12.4 Å². The first-order valence-electron chi connectivity index (χ1n) is 10.5. The van der Waals surface area contributed by atoms with Crippen LogP contribution in [0.5, 0.6) is 0 Å². The van der Waals surface area contributed by atoms with Crippen molar-refractivity contribution >= 4 is 23.7 Å². The molecular formula is C26H24O5S. The smallest absolute Gasteiger partial charge is 0.338 e. The standard InChI is InChI=1S/C26H24O5S/c27-25(20-12-6-2-7-13-20)30-17-23-24(31-26(28)21-14-8-3-9-15-21)22(18-32-23)29-16-19-10-4-1-5-11-19/h1-15,22-24H,16-18H2/t22-,23-,24+/m1/s1. The molecule has 1 saturated heterocycles. The Morgan fingerprint density at radius 1 is 0.781 bits per heavy atom. The van der Waals surface area contributed by atoms with Gasteiger partial charge in [0.15, 0.2) is 0 Å². The highest BCUT2D eigenvalue weighted by molar-refractivity contribution is 8.00. The first-order valence-corrected chi connectivity index (χ1v) is 11.5. The minimum atomic E-state index is -0.528. The maximum absolute atomic E-state index is 12.7. The van der Waals surface area contributed by atoms with Crippen molar-refractivity contribution in [2.24, 2.45) is 0 Å². The van der Waals surface area contributed by atoms with Gasteiger partial charge in [0.05, 0.1) is 23.0 Å². The van der Waals surface area contributed by atoms with Crippen LogP contribution in [0.25, 0.3) is 0 Å². The van der Waals surface area contributed by atoms with E-state index in [9.17, 15) is 9.59 Å². The first-order chi connectivity index (χ1) is 15.7. The van der Waals surface area contributed by atoms with E-state index in [0.717, 1.165) is 5.56 Å². The van der Waals surface area contributed by atoms with Crippen LogP contribution < -0.4 is 0 Å². The molecule has 0 radical (unpaired) electrons. The van der Waals surface area contributed by atoms with Crippen LogP contribution >= 0.6 is 11.8 Å². The van der Waals surface area contributed by atoms with Gasteiger partial charge in [-0.3, -0.25) is 0 Å². The summed E-state index contributed by atoms with van der Waals surface area (Å²) in [5.41, 5.74) is 2.01. The van der Waals surface area contributed by atoms with Gasteiger partial charge in [-0.25, -0.2) is 9.59 Å². The minimum absolute atomic E-state index is 0.135. The van der Waals surface area contributed by atoms with Crippen molar-refractivity contribution in [1.82, 2.24) is 0 Å². The molecule has 3 atom stereocenters. The van der Waals surface area contributed by atoms with Gasteiger partial charge in [0.2, 0.25) is 0 Å². The number of rotatable bonds is 8. The van der Waals surface area contributed by atoms with Gasteiger partial charge >= 0.3 is 11.9 Å². The minimum Gasteiger partial charge on any atom is -0.461 e. The zero-order valence-corrected chi connectivity index (χ0v) is 18.3. The third-order valence-corrected chi connectivity index (χ3v) is 6.51. The molecule has 6 heteroatoms. The van der Waals surface area contributed by atoms with Gasteiger partial charge < -0.3 is 14.2 Å². The zero-order valence-electron chi connectivity index (χ0n) is 17.5. The second kappa shape index (κ2) is 11.0. The number of carbonyl (C=O) groups excluding carboxylic acids is 2. The van der Waals surface area contributed by atoms with E-state index < -0.39 is 18.0 Å². The summed E-state index contributed by atoms with van der Waals surface area (Å²) in [4.78, 5) is 25.1. The zero-order chi connectivity index (χ0) is 22.2. The molecule has 4 rings (SSSR count). The van der Waals surface area contributed by atoms with Crippen molar-refractivity contribution in [3.8, 4) is 0 Å². The van der Waals surface area contributed by atoms with Gasteiger partial charge in [0.1, 0.15) is 18.8 Å². The molecule has 0 saturated carbocycles. The van der Waals surface area contributed by atoms with E-state index in [0.29, 0.717) is 23.5 Å². The number of esters is 2. The van der Waals surface area contributed by atoms with Crippen molar-refractivity contribution in [2.45, 2.75) is 24.1 Å². The molecule has 0 unspecified atom stereocenters. The number of thioether (sulfide) groups is 1. The molecule has 3 aromatic rings. The first kappa shape index (κ1) is 22.1. The summed E-state index contributed by atoms with van der Waals surface area (Å²) in [7, 11) is 0. The van der Waals surface area contributed by atoms with Gasteiger partial charge in [-0.05, 0) is 29.8 Å². The predicted molar refractivity (Wildman–Crippen MR) is 124 cm³/mol. The Morgan fingerprint density at radius 3 is 1.97 bits per heavy atom. The molecule has 0 spiro atoms. The lowest BCUT2D eigenvalue weighted by atomic mass is 10.1. The lowest BCUT2D eigenvalue weighted by Gasteiger charge is -2.24. The Bertz CT molecular complexity index is 1010. The molecule has 0 N–H and O–H groups in total. The SMILES string of the molecule is O=C(OC[C@H]1SC[C@@H](OCc2ccccc2)[C@@H]1OC(=O)c1ccccc1)c1ccccc1. The van der Waals surface area contributed by atoms with Crippen molar-refractivity contribution in [3.63, 3.8) is 0 Å². The molecule has 5 nitrogen and oxygen atoms in total. The van der Waals surface area contributed by atoms with Gasteiger partial charge in [0.25, 0.3) is 0 Å². The highest BCUT2D eigenvalue weighted by atomic mass is 32.2. The monoisotopic (exact) mass is 448 g/mol. The molecule has 1 heterocycles. The molecule has 0 aromatic heterocycles. The lowest BCUT2D eigenvalue weighted by molar-refractivity contribution is -0.0484. The van der Waals surface area contributed by atoms with E-state index in [1.165, 1.54) is 0 Å². The molecular weight excluding hydrogens is 424 g/mol. The summed E-state index contributed by atoms with van der Waals surface area (Å²) in [6, 6.07) is 27.6. The molecule has 3 aromatic carbocycles. The van der Waals surface area contributed by atoms with Crippen LogP contribution in [0.3, 0.4) is 0 Å². The van der Waals surface area contributed by atoms with Crippen LogP contribution in [0.2, 0.25) is 0 Å². The van der Waals surface area contributed by atoms with E-state index in [1.54, 1.807) is 60.3 Å². The molecule has 1 fully saturated rings. The Balaban J connectivity index is 1.43. The Hall–Kier alpha value is -3.09. The summed E-state index contributed by atoms with van der Waals surface area (Å²) in [5, 5.41) is -0.212. The van der Waals surface area contributed by atoms with Crippen LogP contribution in [-0.2, 0) is 20.8 Å². The van der Waals surface area contributed by atoms with Gasteiger partial charge in [0, 0.05) is 5.75 Å². The Labute approximate surface area is 191 Å². The summed E-state index contributed by atoms with van der Waals surface area (Å²) >= 11 is 1.59. The second-order valence-electron chi connectivity index (χ2n) is 7.41. The van der Waals surface area contributed by atoms with Gasteiger partial charge in [-0.2, -0.15) is 0 Å². The van der Waals surface area contributed by atoms with Crippen LogP contribution in [0.4, 0.5) is 0 Å². The quantitative estimate of drug-likeness (QED) is 0.463. The van der Waals surface area contributed by atoms with Gasteiger partial charge in [-0.1, -0.05) is 66.7 Å². The molecule has 0 amide bonds. The molecule has 0 bridgehead atoms. The molecule has 0 aliphatic carbocycles. The highest BCUT2D eigenvalue weighted by Gasteiger charge is 2.41. The van der Waals surface area contributed by atoms with E-state index >= 15 is 0 Å². The van der Waals surface area contributed by atoms with E-state index in [1.807, 2.05) is 42.5 Å². The fourth-order valence-electron chi connectivity index (χ4n) is 3.44. The number of hydrogen-bond donors (Lipinski definition) is 0. The molecule has 1 aliphatic rings. The van der Waals surface area contributed by atoms with Crippen LogP contribution in [0, 0.1) is 0 Å². The maximum atomic E-state index is 12.7. The number of hydrogen-bond acceptors (Lipinski definition) is 6. The van der Waals surface area contributed by atoms with Crippen molar-refractivity contribution in [3.05, 3.63) is 108 Å². The van der Waals surface area contributed by atoms with Crippen molar-refractivity contribution < 1.29 is 23.8 Å². The number of ether oxygens (including phenoxy) is 3. The van der Waals surface area contributed by atoms with E-state index in [2.05, 4.69) is 0 Å². The van der Waals surface area contributed by atoms with E-state index in [4.69, 9.17) is 14.2 Å². The average molecular weight is 449 g/mol. The summed E-state index contributed by atoms with van der Waals surface area (Å²) in [6.07, 6.45) is -0.826. The highest BCUT2D eigenvalue weighted by Crippen LogP contribution is 2.33. The third kappa shape index (κ3) is 5.78. The van der Waals surface area contributed by atoms with Crippen LogP contribution in [-0.4, -0.2) is 41.8 Å². The topological polar surface area (TPSA) is 61.8 Å².